The third kappa shape index (κ3) is 5.85. The topological polar surface area (TPSA) is 78.9 Å². The summed E-state index contributed by atoms with van der Waals surface area (Å²) in [7, 11) is -2.66. The lowest BCUT2D eigenvalue weighted by Gasteiger charge is -2.37. The van der Waals surface area contributed by atoms with Crippen LogP contribution in [0.3, 0.4) is 0 Å². The van der Waals surface area contributed by atoms with E-state index in [1.807, 2.05) is 35.2 Å². The molecular formula is C27H30FN3O4S. The van der Waals surface area contributed by atoms with Gasteiger partial charge < -0.3 is 14.5 Å². The summed E-state index contributed by atoms with van der Waals surface area (Å²) in [5.41, 5.74) is 2.09. The molecule has 1 aliphatic heterocycles. The third-order valence-corrected chi connectivity index (χ3v) is 7.76. The van der Waals surface area contributed by atoms with Crippen LogP contribution in [0.15, 0.2) is 77.7 Å². The van der Waals surface area contributed by atoms with Crippen molar-refractivity contribution in [1.82, 2.24) is 9.62 Å². The summed E-state index contributed by atoms with van der Waals surface area (Å²) in [5, 5.41) is 0. The maximum atomic E-state index is 14.2. The second-order valence-corrected chi connectivity index (χ2v) is 10.5. The first-order chi connectivity index (χ1) is 17.3. The molecule has 190 valence electrons. The Labute approximate surface area is 211 Å². The number of anilines is 1. The number of ether oxygens (including phenoxy) is 1. The van der Waals surface area contributed by atoms with E-state index < -0.39 is 16.1 Å². The van der Waals surface area contributed by atoms with E-state index in [2.05, 4.69) is 4.72 Å². The molecule has 3 aromatic rings. The lowest BCUT2D eigenvalue weighted by atomic mass is 10.1. The predicted molar refractivity (Wildman–Crippen MR) is 137 cm³/mol. The fourth-order valence-corrected chi connectivity index (χ4v) is 5.81. The monoisotopic (exact) mass is 511 g/mol. The predicted octanol–water partition coefficient (Wildman–Crippen LogP) is 3.38. The number of amides is 1. The number of sulfonamides is 1. The number of aryl methyl sites for hydroxylation is 1. The molecule has 0 bridgehead atoms. The zero-order valence-electron chi connectivity index (χ0n) is 20.4. The lowest BCUT2D eigenvalue weighted by molar-refractivity contribution is -0.133. The molecule has 0 aliphatic carbocycles. The van der Waals surface area contributed by atoms with Crippen LogP contribution in [0.1, 0.15) is 11.1 Å². The Bertz CT molecular complexity index is 1310. The number of nitrogens with zero attached hydrogens (tertiary/aromatic N) is 2. The van der Waals surface area contributed by atoms with Crippen LogP contribution in [0.5, 0.6) is 5.75 Å². The summed E-state index contributed by atoms with van der Waals surface area (Å²) in [6.45, 7) is 3.40. The number of carbonyl (C=O) groups is 1. The molecule has 1 aliphatic rings. The van der Waals surface area contributed by atoms with Crippen molar-refractivity contribution in [3.63, 3.8) is 0 Å². The molecule has 1 heterocycles. The Kier molecular flexibility index (Phi) is 7.91. The van der Waals surface area contributed by atoms with Crippen molar-refractivity contribution in [2.24, 2.45) is 0 Å². The molecule has 1 fully saturated rings. The lowest BCUT2D eigenvalue weighted by Crippen LogP contribution is -2.55. The van der Waals surface area contributed by atoms with Gasteiger partial charge in [-0.25, -0.2) is 12.8 Å². The maximum Gasteiger partial charge on any atom is 0.244 e. The van der Waals surface area contributed by atoms with E-state index >= 15 is 0 Å². The van der Waals surface area contributed by atoms with Crippen molar-refractivity contribution >= 4 is 21.6 Å². The van der Waals surface area contributed by atoms with Crippen molar-refractivity contribution < 1.29 is 22.3 Å². The highest BCUT2D eigenvalue weighted by Crippen LogP contribution is 2.26. The van der Waals surface area contributed by atoms with E-state index in [4.69, 9.17) is 4.74 Å². The molecule has 1 saturated heterocycles. The molecule has 7 nitrogen and oxygen atoms in total. The first kappa shape index (κ1) is 25.7. The quantitative estimate of drug-likeness (QED) is 0.502. The molecule has 0 spiro atoms. The van der Waals surface area contributed by atoms with Crippen LogP contribution in [0.2, 0.25) is 0 Å². The number of halogens is 1. The Balaban J connectivity index is 1.56. The minimum Gasteiger partial charge on any atom is -0.495 e. The summed E-state index contributed by atoms with van der Waals surface area (Å²) in [4.78, 5) is 17.1. The molecule has 0 unspecified atom stereocenters. The van der Waals surface area contributed by atoms with Crippen molar-refractivity contribution in [1.29, 1.82) is 0 Å². The van der Waals surface area contributed by atoms with E-state index in [9.17, 15) is 17.6 Å². The molecule has 4 rings (SSSR count). The van der Waals surface area contributed by atoms with Gasteiger partial charge in [0.25, 0.3) is 0 Å². The zero-order valence-corrected chi connectivity index (χ0v) is 21.2. The average molecular weight is 512 g/mol. The van der Waals surface area contributed by atoms with Gasteiger partial charge in [-0.1, -0.05) is 48.5 Å². The smallest absolute Gasteiger partial charge is 0.244 e. The molecule has 36 heavy (non-hydrogen) atoms. The minimum atomic E-state index is -4.07. The molecule has 0 aromatic heterocycles. The maximum absolute atomic E-state index is 14.2. The third-order valence-electron chi connectivity index (χ3n) is 6.27. The van der Waals surface area contributed by atoms with Crippen molar-refractivity contribution in [3.05, 3.63) is 89.7 Å². The number of carbonyl (C=O) groups excluding carboxylic acids is 1. The number of para-hydroxylation sites is 1. The number of hydrogen-bond donors (Lipinski definition) is 1. The molecule has 3 aromatic carbocycles. The summed E-state index contributed by atoms with van der Waals surface area (Å²) in [5.74, 6) is -0.418. The van der Waals surface area contributed by atoms with Gasteiger partial charge in [0.2, 0.25) is 15.9 Å². The first-order valence-corrected chi connectivity index (χ1v) is 13.3. The van der Waals surface area contributed by atoms with Gasteiger partial charge in [-0.3, -0.25) is 4.79 Å². The minimum absolute atomic E-state index is 0.0137. The highest BCUT2D eigenvalue weighted by molar-refractivity contribution is 7.89. The largest absolute Gasteiger partial charge is 0.495 e. The second kappa shape index (κ2) is 11.1. The van der Waals surface area contributed by atoms with Gasteiger partial charge in [0, 0.05) is 26.2 Å². The molecule has 1 amide bonds. The van der Waals surface area contributed by atoms with Crippen LogP contribution >= 0.6 is 0 Å². The summed E-state index contributed by atoms with van der Waals surface area (Å²) < 4.78 is 49.0. The molecule has 1 N–H and O–H groups in total. The van der Waals surface area contributed by atoms with Gasteiger partial charge in [-0.15, -0.1) is 0 Å². The fourth-order valence-electron chi connectivity index (χ4n) is 4.37. The van der Waals surface area contributed by atoms with E-state index in [1.165, 1.54) is 19.2 Å². The SMILES string of the molecule is COc1ccc(C)cc1S(=O)(=O)N[C@H](Cc1ccccc1)C(=O)N1CCN(c2ccccc2F)CC1. The van der Waals surface area contributed by atoms with Gasteiger partial charge in [-0.2, -0.15) is 4.72 Å². The van der Waals surface area contributed by atoms with Crippen molar-refractivity contribution in [2.45, 2.75) is 24.3 Å². The number of rotatable bonds is 8. The van der Waals surface area contributed by atoms with E-state index in [-0.39, 0.29) is 28.8 Å². The highest BCUT2D eigenvalue weighted by Gasteiger charge is 2.33. The van der Waals surface area contributed by atoms with Crippen LogP contribution in [0.25, 0.3) is 0 Å². The van der Waals surface area contributed by atoms with E-state index in [0.29, 0.717) is 31.9 Å². The Hall–Kier alpha value is -3.43. The van der Waals surface area contributed by atoms with Crippen molar-refractivity contribution in [2.75, 3.05) is 38.2 Å². The molecule has 0 saturated carbocycles. The van der Waals surface area contributed by atoms with Crippen LogP contribution in [0, 0.1) is 12.7 Å². The number of benzene rings is 3. The standard InChI is InChI=1S/C27H30FN3O4S/c1-20-12-13-25(35-2)26(18-20)36(33,34)29-23(19-21-8-4-3-5-9-21)27(32)31-16-14-30(15-17-31)24-11-7-6-10-22(24)28/h3-13,18,23,29H,14-17,19H2,1-2H3/t23-/m1/s1. The number of hydrogen-bond acceptors (Lipinski definition) is 5. The van der Waals surface area contributed by atoms with E-state index in [0.717, 1.165) is 11.1 Å². The van der Waals surface area contributed by atoms with Crippen LogP contribution < -0.4 is 14.4 Å². The zero-order chi connectivity index (χ0) is 25.7. The average Bonchev–Trinajstić information content (AvgIpc) is 2.89. The fraction of sp³-hybridized carbons (Fsp3) is 0.296. The van der Waals surface area contributed by atoms with Gasteiger partial charge in [0.1, 0.15) is 22.5 Å². The van der Waals surface area contributed by atoms with Gasteiger partial charge >= 0.3 is 0 Å². The van der Waals surface area contributed by atoms with Gasteiger partial charge in [0.15, 0.2) is 0 Å². The van der Waals surface area contributed by atoms with Crippen LogP contribution in [-0.2, 0) is 21.2 Å². The molecule has 9 heteroatoms. The molecule has 0 radical (unpaired) electrons. The molecule has 1 atom stereocenters. The van der Waals surface area contributed by atoms with Crippen molar-refractivity contribution in [3.8, 4) is 5.75 Å². The molecular weight excluding hydrogens is 481 g/mol. The van der Waals surface area contributed by atoms with Gasteiger partial charge in [0.05, 0.1) is 12.8 Å². The highest BCUT2D eigenvalue weighted by atomic mass is 32.2. The Morgan fingerprint density at radius 3 is 2.33 bits per heavy atom. The van der Waals surface area contributed by atoms with Crippen LogP contribution in [0.4, 0.5) is 10.1 Å². The number of nitrogens with one attached hydrogen (secondary N) is 1. The Morgan fingerprint density at radius 2 is 1.67 bits per heavy atom. The summed E-state index contributed by atoms with van der Waals surface area (Å²) in [6, 6.07) is 19.7. The summed E-state index contributed by atoms with van der Waals surface area (Å²) in [6.07, 6.45) is 0.195. The normalized spacial score (nSPS) is 15.0. The van der Waals surface area contributed by atoms with E-state index in [1.54, 1.807) is 42.2 Å². The summed E-state index contributed by atoms with van der Waals surface area (Å²) >= 11 is 0. The second-order valence-electron chi connectivity index (χ2n) is 8.78. The number of methoxy groups -OCH3 is 1. The van der Waals surface area contributed by atoms with Crippen LogP contribution in [-0.4, -0.2) is 58.6 Å². The number of piperazine rings is 1. The Morgan fingerprint density at radius 1 is 1.00 bits per heavy atom. The van der Waals surface area contributed by atoms with Gasteiger partial charge in [-0.05, 0) is 48.7 Å². The first-order valence-electron chi connectivity index (χ1n) is 11.8.